The summed E-state index contributed by atoms with van der Waals surface area (Å²) in [5, 5.41) is 3.71. The third kappa shape index (κ3) is 2.58. The first-order valence-electron chi connectivity index (χ1n) is 7.88. The minimum Gasteiger partial charge on any atom is -0.493 e. The normalized spacial score (nSPS) is 21.3. The van der Waals surface area contributed by atoms with Gasteiger partial charge in [-0.15, -0.1) is 12.4 Å². The lowest BCUT2D eigenvalue weighted by Gasteiger charge is -2.39. The number of hydrogen-bond acceptors (Lipinski definition) is 3. The second-order valence-electron chi connectivity index (χ2n) is 6.11. The third-order valence-corrected chi connectivity index (χ3v) is 5.05. The summed E-state index contributed by atoms with van der Waals surface area (Å²) < 4.78 is 11.0. The molecule has 0 amide bonds. The van der Waals surface area contributed by atoms with E-state index >= 15 is 0 Å². The van der Waals surface area contributed by atoms with Gasteiger partial charge in [0.15, 0.2) is 11.5 Å². The summed E-state index contributed by atoms with van der Waals surface area (Å²) in [5.74, 6) is 2.07. The highest BCUT2D eigenvalue weighted by Gasteiger charge is 2.35. The zero-order valence-electron chi connectivity index (χ0n) is 13.5. The summed E-state index contributed by atoms with van der Waals surface area (Å²) in [5.41, 5.74) is 5.64. The monoisotopic (exact) mass is 331 g/mol. The highest BCUT2D eigenvalue weighted by molar-refractivity contribution is 5.85. The molecule has 1 aliphatic heterocycles. The summed E-state index contributed by atoms with van der Waals surface area (Å²) in [6.07, 6.45) is 2.26. The van der Waals surface area contributed by atoms with Gasteiger partial charge in [0.2, 0.25) is 0 Å². The Hall–Kier alpha value is -1.71. The molecular formula is C19H22ClNO2. The Morgan fingerprint density at radius 1 is 0.957 bits per heavy atom. The van der Waals surface area contributed by atoms with E-state index in [2.05, 4.69) is 41.7 Å². The van der Waals surface area contributed by atoms with Crippen molar-refractivity contribution in [2.24, 2.45) is 0 Å². The van der Waals surface area contributed by atoms with Gasteiger partial charge >= 0.3 is 0 Å². The maximum absolute atomic E-state index is 5.52. The lowest BCUT2D eigenvalue weighted by Crippen LogP contribution is -2.42. The Morgan fingerprint density at radius 2 is 1.70 bits per heavy atom. The van der Waals surface area contributed by atoms with Crippen molar-refractivity contribution in [3.63, 3.8) is 0 Å². The van der Waals surface area contributed by atoms with Crippen LogP contribution in [0.4, 0.5) is 0 Å². The minimum atomic E-state index is 0. The van der Waals surface area contributed by atoms with Gasteiger partial charge < -0.3 is 14.8 Å². The van der Waals surface area contributed by atoms with E-state index in [9.17, 15) is 0 Å². The van der Waals surface area contributed by atoms with Crippen molar-refractivity contribution in [2.45, 2.75) is 31.3 Å². The summed E-state index contributed by atoms with van der Waals surface area (Å²) in [6.45, 7) is 0.972. The topological polar surface area (TPSA) is 30.5 Å². The lowest BCUT2D eigenvalue weighted by atomic mass is 9.72. The molecule has 4 rings (SSSR count). The quantitative estimate of drug-likeness (QED) is 0.910. The molecule has 0 radical (unpaired) electrons. The molecule has 23 heavy (non-hydrogen) atoms. The first-order chi connectivity index (χ1) is 10.8. The number of halogens is 1. The largest absolute Gasteiger partial charge is 0.493 e. The number of hydrogen-bond donors (Lipinski definition) is 1. The van der Waals surface area contributed by atoms with E-state index in [1.54, 1.807) is 14.2 Å². The molecule has 1 aliphatic carbocycles. The fourth-order valence-corrected chi connectivity index (χ4v) is 3.98. The highest BCUT2D eigenvalue weighted by atomic mass is 35.5. The predicted molar refractivity (Wildman–Crippen MR) is 94.0 cm³/mol. The first kappa shape index (κ1) is 16.2. The van der Waals surface area contributed by atoms with Crippen LogP contribution < -0.4 is 14.8 Å². The maximum atomic E-state index is 5.52. The van der Waals surface area contributed by atoms with Crippen LogP contribution in [0.25, 0.3) is 0 Å². The highest BCUT2D eigenvalue weighted by Crippen LogP contribution is 2.44. The summed E-state index contributed by atoms with van der Waals surface area (Å²) in [4.78, 5) is 0. The number of ether oxygens (including phenoxy) is 2. The van der Waals surface area contributed by atoms with Gasteiger partial charge in [-0.25, -0.2) is 0 Å². The van der Waals surface area contributed by atoms with Crippen molar-refractivity contribution in [2.75, 3.05) is 14.2 Å². The molecule has 0 bridgehead atoms. The van der Waals surface area contributed by atoms with Crippen molar-refractivity contribution in [1.82, 2.24) is 5.32 Å². The molecular weight excluding hydrogens is 310 g/mol. The van der Waals surface area contributed by atoms with Crippen molar-refractivity contribution in [1.29, 1.82) is 0 Å². The van der Waals surface area contributed by atoms with Crippen LogP contribution in [0.3, 0.4) is 0 Å². The van der Waals surface area contributed by atoms with E-state index in [0.29, 0.717) is 12.0 Å². The van der Waals surface area contributed by atoms with E-state index in [1.165, 1.54) is 28.7 Å². The molecule has 3 nitrogen and oxygen atoms in total. The van der Waals surface area contributed by atoms with Gasteiger partial charge in [-0.1, -0.05) is 24.3 Å². The molecule has 2 atom stereocenters. The number of benzene rings is 2. The zero-order chi connectivity index (χ0) is 15.1. The standard InChI is InChI=1S/C19H21NO2.ClH/c1-21-17-9-12-7-8-16-19(15(12)10-18(17)22-2)14-6-4-3-5-13(14)11-20-16;/h3-6,9-10,16,19-20H,7-8,11H2,1-2H3;1H/t16-,19-;/m0./s1. The van der Waals surface area contributed by atoms with Crippen LogP contribution >= 0.6 is 12.4 Å². The number of methoxy groups -OCH3 is 2. The molecule has 1 N–H and O–H groups in total. The summed E-state index contributed by atoms with van der Waals surface area (Å²) >= 11 is 0. The average molecular weight is 332 g/mol. The van der Waals surface area contributed by atoms with Crippen molar-refractivity contribution < 1.29 is 9.47 Å². The maximum Gasteiger partial charge on any atom is 0.161 e. The van der Waals surface area contributed by atoms with Gasteiger partial charge in [-0.3, -0.25) is 0 Å². The number of nitrogens with one attached hydrogen (secondary N) is 1. The lowest BCUT2D eigenvalue weighted by molar-refractivity contribution is 0.349. The molecule has 0 fully saturated rings. The van der Waals surface area contributed by atoms with Crippen LogP contribution in [-0.2, 0) is 13.0 Å². The smallest absolute Gasteiger partial charge is 0.161 e. The van der Waals surface area contributed by atoms with Crippen LogP contribution in [0, 0.1) is 0 Å². The molecule has 4 heteroatoms. The Balaban J connectivity index is 0.00000156. The van der Waals surface area contributed by atoms with E-state index < -0.39 is 0 Å². The van der Waals surface area contributed by atoms with Gasteiger partial charge in [0.1, 0.15) is 0 Å². The van der Waals surface area contributed by atoms with Gasteiger partial charge in [0.05, 0.1) is 14.2 Å². The van der Waals surface area contributed by atoms with Crippen LogP contribution in [0.5, 0.6) is 11.5 Å². The number of aryl methyl sites for hydroxylation is 1. The van der Waals surface area contributed by atoms with E-state index in [0.717, 1.165) is 24.5 Å². The van der Waals surface area contributed by atoms with Crippen molar-refractivity contribution in [3.8, 4) is 11.5 Å². The molecule has 122 valence electrons. The van der Waals surface area contributed by atoms with E-state index in [-0.39, 0.29) is 12.4 Å². The summed E-state index contributed by atoms with van der Waals surface area (Å²) in [7, 11) is 3.41. The third-order valence-electron chi connectivity index (χ3n) is 5.05. The second kappa shape index (κ2) is 6.42. The molecule has 0 saturated carbocycles. The van der Waals surface area contributed by atoms with Crippen LogP contribution in [0.1, 0.15) is 34.6 Å². The van der Waals surface area contributed by atoms with Crippen LogP contribution in [0.2, 0.25) is 0 Å². The fraction of sp³-hybridized carbons (Fsp3) is 0.368. The molecule has 0 saturated heterocycles. The Labute approximate surface area is 143 Å². The van der Waals surface area contributed by atoms with Gasteiger partial charge in [0, 0.05) is 18.5 Å². The SMILES string of the molecule is COc1cc2c(cc1OC)[C@@H]1c3ccccc3CN[C@H]1CC2.Cl. The Kier molecular flexibility index (Phi) is 4.51. The van der Waals surface area contributed by atoms with Crippen LogP contribution in [-0.4, -0.2) is 20.3 Å². The van der Waals surface area contributed by atoms with Crippen molar-refractivity contribution >= 4 is 12.4 Å². The van der Waals surface area contributed by atoms with Gasteiger partial charge in [0.25, 0.3) is 0 Å². The molecule has 0 aromatic heterocycles. The van der Waals surface area contributed by atoms with Crippen molar-refractivity contribution in [3.05, 3.63) is 58.7 Å². The predicted octanol–water partition coefficient (Wildman–Crippen LogP) is 3.68. The van der Waals surface area contributed by atoms with E-state index in [4.69, 9.17) is 9.47 Å². The van der Waals surface area contributed by atoms with E-state index in [1.807, 2.05) is 0 Å². The second-order valence-corrected chi connectivity index (χ2v) is 6.11. The Morgan fingerprint density at radius 3 is 2.48 bits per heavy atom. The van der Waals surface area contributed by atoms with Crippen LogP contribution in [0.15, 0.2) is 36.4 Å². The number of rotatable bonds is 2. The number of fused-ring (bicyclic) bond motifs is 5. The molecule has 2 aromatic carbocycles. The van der Waals surface area contributed by atoms with Gasteiger partial charge in [-0.05, 0) is 47.2 Å². The molecule has 2 aliphatic rings. The minimum absolute atomic E-state index is 0. The molecule has 0 spiro atoms. The Bertz CT molecular complexity index is 717. The molecule has 2 aromatic rings. The average Bonchev–Trinajstić information content (AvgIpc) is 2.59. The molecule has 1 heterocycles. The zero-order valence-corrected chi connectivity index (χ0v) is 14.3. The molecule has 0 unspecified atom stereocenters. The fourth-order valence-electron chi connectivity index (χ4n) is 3.98. The first-order valence-corrected chi connectivity index (χ1v) is 7.88. The van der Waals surface area contributed by atoms with Gasteiger partial charge in [-0.2, -0.15) is 0 Å². The summed E-state index contributed by atoms with van der Waals surface area (Å²) in [6, 6.07) is 13.6.